The van der Waals surface area contributed by atoms with Crippen molar-refractivity contribution in [1.29, 1.82) is 0 Å². The number of carbonyl (C=O) groups is 1. The zero-order valence-electron chi connectivity index (χ0n) is 13.8. The number of alkyl halides is 1. The highest BCUT2D eigenvalue weighted by Crippen LogP contribution is 2.14. The molecule has 0 aliphatic carbocycles. The van der Waals surface area contributed by atoms with Gasteiger partial charge in [-0.15, -0.1) is 0 Å². The first-order valence-electron chi connectivity index (χ1n) is 7.45. The quantitative estimate of drug-likeness (QED) is 0.738. The first-order valence-corrected chi connectivity index (χ1v) is 8.57. The lowest BCUT2D eigenvalue weighted by atomic mass is 10.1. The van der Waals surface area contributed by atoms with Crippen molar-refractivity contribution in [3.05, 3.63) is 35.9 Å². The molecule has 0 heterocycles. The molecule has 0 spiro atoms. The Balaban J connectivity index is 2.38. The normalized spacial score (nSPS) is 14.2. The minimum atomic E-state index is -0.497. The van der Waals surface area contributed by atoms with E-state index in [4.69, 9.17) is 9.47 Å². The summed E-state index contributed by atoms with van der Waals surface area (Å²) in [4.78, 5) is 11.7. The number of nitrogens with one attached hydrogen (secondary N) is 1. The molecule has 1 rings (SSSR count). The van der Waals surface area contributed by atoms with E-state index in [1.165, 1.54) is 5.56 Å². The van der Waals surface area contributed by atoms with Crippen molar-refractivity contribution in [2.45, 2.75) is 45.3 Å². The van der Waals surface area contributed by atoms with Crippen LogP contribution in [0.1, 0.15) is 33.3 Å². The van der Waals surface area contributed by atoms with Gasteiger partial charge in [0.25, 0.3) is 0 Å². The molecule has 22 heavy (non-hydrogen) atoms. The van der Waals surface area contributed by atoms with E-state index in [2.05, 4.69) is 33.4 Å². The molecule has 0 radical (unpaired) electrons. The summed E-state index contributed by atoms with van der Waals surface area (Å²) in [7, 11) is 0. The van der Waals surface area contributed by atoms with Crippen LogP contribution in [0.3, 0.4) is 0 Å². The van der Waals surface area contributed by atoms with Gasteiger partial charge in [-0.1, -0.05) is 46.3 Å². The Bertz CT molecular complexity index is 459. The molecule has 1 N–H and O–H groups in total. The summed E-state index contributed by atoms with van der Waals surface area (Å²) in [5, 5.41) is 3.39. The van der Waals surface area contributed by atoms with E-state index in [-0.39, 0.29) is 0 Å². The Morgan fingerprint density at radius 2 is 1.82 bits per heavy atom. The third-order valence-corrected chi connectivity index (χ3v) is 4.16. The number of hydrogen-bond donors (Lipinski definition) is 1. The largest absolute Gasteiger partial charge is 0.444 e. The fourth-order valence-electron chi connectivity index (χ4n) is 1.77. The predicted octanol–water partition coefficient (Wildman–Crippen LogP) is 3.92. The maximum Gasteiger partial charge on any atom is 0.407 e. The lowest BCUT2D eigenvalue weighted by Gasteiger charge is -2.29. The SMILES string of the molecule is CC(C)(C)OC(=O)NCC(C)(CBr)OCCc1ccccc1. The van der Waals surface area contributed by atoms with Gasteiger partial charge in [-0.05, 0) is 39.7 Å². The fraction of sp³-hybridized carbons (Fsp3) is 0.588. The zero-order valence-corrected chi connectivity index (χ0v) is 15.4. The molecular formula is C17H26BrNO3. The Morgan fingerprint density at radius 1 is 1.18 bits per heavy atom. The summed E-state index contributed by atoms with van der Waals surface area (Å²) in [5.41, 5.74) is 0.272. The second-order valence-corrected chi connectivity index (χ2v) is 7.08. The highest BCUT2D eigenvalue weighted by Gasteiger charge is 2.26. The van der Waals surface area contributed by atoms with Crippen LogP contribution in [0.15, 0.2) is 30.3 Å². The van der Waals surface area contributed by atoms with Crippen LogP contribution in [0.2, 0.25) is 0 Å². The van der Waals surface area contributed by atoms with E-state index in [1.54, 1.807) is 0 Å². The van der Waals surface area contributed by atoms with Crippen LogP contribution < -0.4 is 5.32 Å². The number of rotatable bonds is 7. The van der Waals surface area contributed by atoms with Crippen LogP contribution in [0.4, 0.5) is 4.79 Å². The van der Waals surface area contributed by atoms with Crippen LogP contribution in [-0.2, 0) is 15.9 Å². The minimum Gasteiger partial charge on any atom is -0.444 e. The van der Waals surface area contributed by atoms with Gasteiger partial charge < -0.3 is 14.8 Å². The highest BCUT2D eigenvalue weighted by molar-refractivity contribution is 9.09. The van der Waals surface area contributed by atoms with E-state index in [9.17, 15) is 4.79 Å². The van der Waals surface area contributed by atoms with Crippen molar-refractivity contribution in [2.75, 3.05) is 18.5 Å². The van der Waals surface area contributed by atoms with Crippen molar-refractivity contribution in [1.82, 2.24) is 5.32 Å². The number of carbonyl (C=O) groups excluding carboxylic acids is 1. The van der Waals surface area contributed by atoms with Crippen LogP contribution >= 0.6 is 15.9 Å². The van der Waals surface area contributed by atoms with Gasteiger partial charge >= 0.3 is 6.09 Å². The lowest BCUT2D eigenvalue weighted by molar-refractivity contribution is -0.0135. The Labute approximate surface area is 141 Å². The van der Waals surface area contributed by atoms with Crippen molar-refractivity contribution >= 4 is 22.0 Å². The summed E-state index contributed by atoms with van der Waals surface area (Å²) < 4.78 is 11.2. The first-order chi connectivity index (χ1) is 10.2. The molecule has 0 saturated heterocycles. The molecule has 5 heteroatoms. The number of halogens is 1. The van der Waals surface area contributed by atoms with Gasteiger partial charge in [-0.3, -0.25) is 0 Å². The van der Waals surface area contributed by atoms with Gasteiger partial charge in [0.1, 0.15) is 5.60 Å². The van der Waals surface area contributed by atoms with E-state index >= 15 is 0 Å². The molecule has 1 aromatic rings. The molecule has 4 nitrogen and oxygen atoms in total. The van der Waals surface area contributed by atoms with Crippen LogP contribution in [0, 0.1) is 0 Å². The standard InChI is InChI=1S/C17H26BrNO3/c1-16(2,3)22-15(20)19-13-17(4,12-18)21-11-10-14-8-6-5-7-9-14/h5-9H,10-13H2,1-4H3,(H,19,20). The maximum atomic E-state index is 11.7. The molecule has 124 valence electrons. The molecule has 0 aliphatic rings. The van der Waals surface area contributed by atoms with Gasteiger partial charge in [-0.2, -0.15) is 0 Å². The lowest BCUT2D eigenvalue weighted by Crippen LogP contribution is -2.46. The summed E-state index contributed by atoms with van der Waals surface area (Å²) in [6.07, 6.45) is 0.418. The molecule has 1 atom stereocenters. The molecule has 0 fully saturated rings. The number of amides is 1. The predicted molar refractivity (Wildman–Crippen MR) is 92.5 cm³/mol. The average Bonchev–Trinajstić information content (AvgIpc) is 2.45. The topological polar surface area (TPSA) is 47.6 Å². The minimum absolute atomic E-state index is 0.391. The molecule has 1 aromatic carbocycles. The monoisotopic (exact) mass is 371 g/mol. The molecule has 0 saturated carbocycles. The van der Waals surface area contributed by atoms with Gasteiger partial charge in [0.2, 0.25) is 0 Å². The second kappa shape index (κ2) is 8.53. The molecule has 0 bridgehead atoms. The van der Waals surface area contributed by atoms with E-state index in [0.29, 0.717) is 18.5 Å². The third-order valence-electron chi connectivity index (χ3n) is 2.97. The number of hydrogen-bond acceptors (Lipinski definition) is 3. The van der Waals surface area contributed by atoms with E-state index < -0.39 is 17.3 Å². The van der Waals surface area contributed by atoms with Crippen molar-refractivity contribution in [3.63, 3.8) is 0 Å². The highest BCUT2D eigenvalue weighted by atomic mass is 79.9. The Morgan fingerprint density at radius 3 is 2.36 bits per heavy atom. The van der Waals surface area contributed by atoms with Crippen molar-refractivity contribution < 1.29 is 14.3 Å². The van der Waals surface area contributed by atoms with E-state index in [0.717, 1.165) is 6.42 Å². The van der Waals surface area contributed by atoms with Gasteiger partial charge in [0.15, 0.2) is 0 Å². The van der Waals surface area contributed by atoms with Crippen LogP contribution in [0.5, 0.6) is 0 Å². The zero-order chi connectivity index (χ0) is 16.6. The van der Waals surface area contributed by atoms with Gasteiger partial charge in [-0.25, -0.2) is 4.79 Å². The second-order valence-electron chi connectivity index (χ2n) is 6.52. The fourth-order valence-corrected chi connectivity index (χ4v) is 2.13. The number of ether oxygens (including phenoxy) is 2. The van der Waals surface area contributed by atoms with Crippen LogP contribution in [0.25, 0.3) is 0 Å². The molecule has 0 aliphatic heterocycles. The first kappa shape index (κ1) is 19.0. The summed E-state index contributed by atoms with van der Waals surface area (Å²) in [6, 6.07) is 10.2. The van der Waals surface area contributed by atoms with Gasteiger partial charge in [0, 0.05) is 5.33 Å². The molecule has 0 aromatic heterocycles. The average molecular weight is 372 g/mol. The van der Waals surface area contributed by atoms with Crippen LogP contribution in [-0.4, -0.2) is 35.8 Å². The Kier molecular flexibility index (Phi) is 7.36. The van der Waals surface area contributed by atoms with E-state index in [1.807, 2.05) is 45.9 Å². The van der Waals surface area contributed by atoms with Gasteiger partial charge in [0.05, 0.1) is 18.8 Å². The molecule has 1 unspecified atom stereocenters. The molecular weight excluding hydrogens is 346 g/mol. The Hall–Kier alpha value is -1.07. The van der Waals surface area contributed by atoms with Crippen molar-refractivity contribution in [2.24, 2.45) is 0 Å². The third kappa shape index (κ3) is 7.80. The summed E-state index contributed by atoms with van der Waals surface area (Å²) in [5.74, 6) is 0. The smallest absolute Gasteiger partial charge is 0.407 e. The summed E-state index contributed by atoms with van der Waals surface area (Å²) >= 11 is 3.45. The molecule has 1 amide bonds. The summed E-state index contributed by atoms with van der Waals surface area (Å²) in [6.45, 7) is 8.47. The number of benzene rings is 1. The number of alkyl carbamates (subject to hydrolysis) is 1. The van der Waals surface area contributed by atoms with Crippen molar-refractivity contribution in [3.8, 4) is 0 Å². The maximum absolute atomic E-state index is 11.7.